The number of rotatable bonds is 4. The van der Waals surface area contributed by atoms with Crippen molar-refractivity contribution < 1.29 is 9.59 Å². The van der Waals surface area contributed by atoms with Gasteiger partial charge < -0.3 is 10.6 Å². The Bertz CT molecular complexity index is 575. The average molecular weight is 271 g/mol. The monoisotopic (exact) mass is 271 g/mol. The molecule has 1 fully saturated rings. The molecule has 20 heavy (non-hydrogen) atoms. The number of nitrogens with one attached hydrogen (secondary N) is 2. The average Bonchev–Trinajstić information content (AvgIpc) is 3.19. The summed E-state index contributed by atoms with van der Waals surface area (Å²) in [4.78, 5) is 23.8. The van der Waals surface area contributed by atoms with Crippen molar-refractivity contribution in [3.63, 3.8) is 0 Å². The van der Waals surface area contributed by atoms with Gasteiger partial charge in [-0.2, -0.15) is 5.26 Å². The van der Waals surface area contributed by atoms with Gasteiger partial charge in [-0.1, -0.05) is 12.1 Å². The molecule has 0 bridgehead atoms. The van der Waals surface area contributed by atoms with Crippen LogP contribution in [0.15, 0.2) is 24.3 Å². The summed E-state index contributed by atoms with van der Waals surface area (Å²) >= 11 is 0. The molecule has 1 aromatic carbocycles. The van der Waals surface area contributed by atoms with Gasteiger partial charge in [-0.25, -0.2) is 0 Å². The SMILES string of the molecule is CC(C)NC(=O)C1CC1C(=O)Nc1ccccc1C#N. The number of nitrogens with zero attached hydrogens (tertiary/aromatic N) is 1. The lowest BCUT2D eigenvalue weighted by atomic mass is 10.2. The van der Waals surface area contributed by atoms with E-state index in [0.29, 0.717) is 17.7 Å². The van der Waals surface area contributed by atoms with Gasteiger partial charge in [0, 0.05) is 6.04 Å². The predicted octanol–water partition coefficient (Wildman–Crippen LogP) is 1.66. The van der Waals surface area contributed by atoms with E-state index in [4.69, 9.17) is 5.26 Å². The molecule has 2 N–H and O–H groups in total. The lowest BCUT2D eigenvalue weighted by Crippen LogP contribution is -2.32. The number of hydrogen-bond acceptors (Lipinski definition) is 3. The van der Waals surface area contributed by atoms with Crippen LogP contribution >= 0.6 is 0 Å². The van der Waals surface area contributed by atoms with E-state index < -0.39 is 0 Å². The van der Waals surface area contributed by atoms with Crippen molar-refractivity contribution in [3.05, 3.63) is 29.8 Å². The zero-order chi connectivity index (χ0) is 14.7. The lowest BCUT2D eigenvalue weighted by Gasteiger charge is -2.08. The molecule has 5 nitrogen and oxygen atoms in total. The van der Waals surface area contributed by atoms with Crippen LogP contribution < -0.4 is 10.6 Å². The molecular formula is C15H17N3O2. The smallest absolute Gasteiger partial charge is 0.228 e. The van der Waals surface area contributed by atoms with E-state index in [-0.39, 0.29) is 29.7 Å². The molecule has 1 aliphatic carbocycles. The summed E-state index contributed by atoms with van der Waals surface area (Å²) in [6, 6.07) is 8.92. The Kier molecular flexibility index (Phi) is 4.04. The molecule has 2 unspecified atom stereocenters. The van der Waals surface area contributed by atoms with Gasteiger partial charge in [-0.05, 0) is 32.4 Å². The first-order valence-corrected chi connectivity index (χ1v) is 6.63. The lowest BCUT2D eigenvalue weighted by molar-refractivity contribution is -0.125. The maximum atomic E-state index is 12.0. The molecule has 2 amide bonds. The number of benzene rings is 1. The number of carbonyl (C=O) groups is 2. The molecular weight excluding hydrogens is 254 g/mol. The largest absolute Gasteiger partial charge is 0.354 e. The number of hydrogen-bond donors (Lipinski definition) is 2. The Hall–Kier alpha value is -2.35. The van der Waals surface area contributed by atoms with Crippen LogP contribution in [0.2, 0.25) is 0 Å². The fourth-order valence-electron chi connectivity index (χ4n) is 2.08. The number of para-hydroxylation sites is 1. The number of anilines is 1. The minimum Gasteiger partial charge on any atom is -0.354 e. The Labute approximate surface area is 118 Å². The summed E-state index contributed by atoms with van der Waals surface area (Å²) in [5.74, 6) is -0.808. The highest BCUT2D eigenvalue weighted by Gasteiger charge is 2.48. The maximum Gasteiger partial charge on any atom is 0.228 e. The zero-order valence-electron chi connectivity index (χ0n) is 11.5. The third kappa shape index (κ3) is 3.15. The standard InChI is InChI=1S/C15H17N3O2/c1-9(2)17-14(19)11-7-12(11)15(20)18-13-6-4-3-5-10(13)8-16/h3-6,9,11-12H,7H2,1-2H3,(H,17,19)(H,18,20). The van der Waals surface area contributed by atoms with E-state index in [1.807, 2.05) is 19.9 Å². The first kappa shape index (κ1) is 14.1. The van der Waals surface area contributed by atoms with Crippen molar-refractivity contribution in [3.8, 4) is 6.07 Å². The van der Waals surface area contributed by atoms with Crippen LogP contribution in [-0.2, 0) is 9.59 Å². The molecule has 5 heteroatoms. The van der Waals surface area contributed by atoms with E-state index in [0.717, 1.165) is 0 Å². The first-order chi connectivity index (χ1) is 9.52. The quantitative estimate of drug-likeness (QED) is 0.873. The molecule has 1 aliphatic rings. The van der Waals surface area contributed by atoms with Crippen LogP contribution in [-0.4, -0.2) is 17.9 Å². The van der Waals surface area contributed by atoms with Crippen molar-refractivity contribution in [2.24, 2.45) is 11.8 Å². The molecule has 0 saturated heterocycles. The second kappa shape index (κ2) is 5.74. The van der Waals surface area contributed by atoms with E-state index >= 15 is 0 Å². The number of amides is 2. The van der Waals surface area contributed by atoms with Gasteiger partial charge in [0.05, 0.1) is 23.1 Å². The van der Waals surface area contributed by atoms with E-state index in [2.05, 4.69) is 10.6 Å². The van der Waals surface area contributed by atoms with Crippen LogP contribution in [0.1, 0.15) is 25.8 Å². The van der Waals surface area contributed by atoms with Crippen LogP contribution in [0.4, 0.5) is 5.69 Å². The van der Waals surface area contributed by atoms with E-state index in [1.54, 1.807) is 24.3 Å². The fourth-order valence-corrected chi connectivity index (χ4v) is 2.08. The van der Waals surface area contributed by atoms with Crippen molar-refractivity contribution in [1.29, 1.82) is 5.26 Å². The van der Waals surface area contributed by atoms with Gasteiger partial charge in [0.15, 0.2) is 0 Å². The number of carbonyl (C=O) groups excluding carboxylic acids is 2. The highest BCUT2D eigenvalue weighted by Crippen LogP contribution is 2.39. The Balaban J connectivity index is 1.95. The minimum atomic E-state index is -0.291. The normalized spacial score (nSPS) is 20.1. The Morgan fingerprint density at radius 1 is 1.25 bits per heavy atom. The summed E-state index contributed by atoms with van der Waals surface area (Å²) in [5.41, 5.74) is 0.916. The van der Waals surface area contributed by atoms with Crippen LogP contribution in [0.3, 0.4) is 0 Å². The molecule has 1 saturated carbocycles. The zero-order valence-corrected chi connectivity index (χ0v) is 11.5. The molecule has 2 atom stereocenters. The number of nitriles is 1. The highest BCUT2D eigenvalue weighted by molar-refractivity contribution is 6.00. The fraction of sp³-hybridized carbons (Fsp3) is 0.400. The summed E-state index contributed by atoms with van der Waals surface area (Å²) in [6.45, 7) is 3.77. The van der Waals surface area contributed by atoms with Gasteiger partial charge in [-0.15, -0.1) is 0 Å². The van der Waals surface area contributed by atoms with E-state index in [9.17, 15) is 9.59 Å². The third-order valence-corrected chi connectivity index (χ3v) is 3.20. The van der Waals surface area contributed by atoms with Crippen LogP contribution in [0.25, 0.3) is 0 Å². The topological polar surface area (TPSA) is 82.0 Å². The van der Waals surface area contributed by atoms with Crippen molar-refractivity contribution in [2.75, 3.05) is 5.32 Å². The Morgan fingerprint density at radius 3 is 2.55 bits per heavy atom. The Morgan fingerprint density at radius 2 is 1.90 bits per heavy atom. The van der Waals surface area contributed by atoms with Gasteiger partial charge in [-0.3, -0.25) is 9.59 Å². The van der Waals surface area contributed by atoms with Crippen molar-refractivity contribution in [1.82, 2.24) is 5.32 Å². The maximum absolute atomic E-state index is 12.0. The van der Waals surface area contributed by atoms with Crippen molar-refractivity contribution >= 4 is 17.5 Å². The highest BCUT2D eigenvalue weighted by atomic mass is 16.2. The molecule has 0 aromatic heterocycles. The molecule has 2 rings (SSSR count). The molecule has 104 valence electrons. The van der Waals surface area contributed by atoms with Gasteiger partial charge in [0.1, 0.15) is 6.07 Å². The predicted molar refractivity (Wildman–Crippen MR) is 74.7 cm³/mol. The molecule has 0 aliphatic heterocycles. The van der Waals surface area contributed by atoms with Gasteiger partial charge in [0.2, 0.25) is 11.8 Å². The third-order valence-electron chi connectivity index (χ3n) is 3.20. The first-order valence-electron chi connectivity index (χ1n) is 6.63. The van der Waals surface area contributed by atoms with Crippen LogP contribution in [0.5, 0.6) is 0 Å². The van der Waals surface area contributed by atoms with Crippen molar-refractivity contribution in [2.45, 2.75) is 26.3 Å². The van der Waals surface area contributed by atoms with Crippen LogP contribution in [0, 0.1) is 23.2 Å². The van der Waals surface area contributed by atoms with Gasteiger partial charge in [0.25, 0.3) is 0 Å². The summed E-state index contributed by atoms with van der Waals surface area (Å²) in [6.07, 6.45) is 0.569. The minimum absolute atomic E-state index is 0.0751. The molecule has 0 spiro atoms. The molecule has 1 aromatic rings. The second-order valence-corrected chi connectivity index (χ2v) is 5.26. The summed E-state index contributed by atoms with van der Waals surface area (Å²) in [7, 11) is 0. The summed E-state index contributed by atoms with van der Waals surface area (Å²) < 4.78 is 0. The van der Waals surface area contributed by atoms with E-state index in [1.165, 1.54) is 0 Å². The molecule has 0 radical (unpaired) electrons. The summed E-state index contributed by atoms with van der Waals surface area (Å²) in [5, 5.41) is 14.5. The van der Waals surface area contributed by atoms with Gasteiger partial charge >= 0.3 is 0 Å². The molecule has 0 heterocycles. The second-order valence-electron chi connectivity index (χ2n) is 5.26.